The fourth-order valence-corrected chi connectivity index (χ4v) is 5.23. The molecule has 0 aliphatic carbocycles. The van der Waals surface area contributed by atoms with E-state index < -0.39 is 16.1 Å². The van der Waals surface area contributed by atoms with Crippen molar-refractivity contribution in [2.75, 3.05) is 31.2 Å². The van der Waals surface area contributed by atoms with Crippen LogP contribution in [-0.2, 0) is 26.1 Å². The number of anilines is 1. The lowest BCUT2D eigenvalue weighted by Gasteiger charge is -2.28. The highest BCUT2D eigenvalue weighted by Crippen LogP contribution is 2.23. The van der Waals surface area contributed by atoms with Gasteiger partial charge in [0.25, 0.3) is 10.0 Å². The summed E-state index contributed by atoms with van der Waals surface area (Å²) in [6.45, 7) is 5.66. The second-order valence-corrected chi connectivity index (χ2v) is 9.87. The molecular weight excluding hydrogens is 440 g/mol. The number of hydrogen-bond donors (Lipinski definition) is 2. The predicted molar refractivity (Wildman–Crippen MR) is 128 cm³/mol. The Bertz CT molecular complexity index is 1110. The van der Waals surface area contributed by atoms with Crippen molar-refractivity contribution >= 4 is 27.5 Å². The zero-order valence-corrected chi connectivity index (χ0v) is 19.6. The van der Waals surface area contributed by atoms with Crippen molar-refractivity contribution in [3.63, 3.8) is 0 Å². The number of nitrogens with one attached hydrogen (secondary N) is 2. The van der Waals surface area contributed by atoms with Gasteiger partial charge in [-0.2, -0.15) is 0 Å². The number of amidine groups is 1. The molecule has 2 N–H and O–H groups in total. The van der Waals surface area contributed by atoms with Gasteiger partial charge in [-0.3, -0.25) is 14.5 Å². The highest BCUT2D eigenvalue weighted by Gasteiger charge is 2.31. The molecular formula is C24H30N4O4S. The molecule has 0 bridgehead atoms. The van der Waals surface area contributed by atoms with Crippen LogP contribution < -0.4 is 14.9 Å². The van der Waals surface area contributed by atoms with Crippen molar-refractivity contribution in [2.45, 2.75) is 43.7 Å². The molecule has 33 heavy (non-hydrogen) atoms. The number of nitrogens with zero attached hydrogens (tertiary/aromatic N) is 2. The minimum atomic E-state index is -3.64. The Morgan fingerprint density at radius 2 is 1.88 bits per heavy atom. The van der Waals surface area contributed by atoms with Crippen LogP contribution in [0.25, 0.3) is 0 Å². The molecule has 2 aliphatic rings. The van der Waals surface area contributed by atoms with E-state index in [1.54, 1.807) is 24.3 Å². The fourth-order valence-electron chi connectivity index (χ4n) is 3.99. The summed E-state index contributed by atoms with van der Waals surface area (Å²) < 4.78 is 32.7. The molecule has 0 spiro atoms. The Hall–Kier alpha value is -2.91. The van der Waals surface area contributed by atoms with Crippen LogP contribution >= 0.6 is 0 Å². The second-order valence-electron chi connectivity index (χ2n) is 8.22. The molecule has 8 nitrogen and oxygen atoms in total. The monoisotopic (exact) mass is 470 g/mol. The number of rotatable bonds is 8. The normalized spacial score (nSPS) is 19.1. The van der Waals surface area contributed by atoms with Gasteiger partial charge >= 0.3 is 0 Å². The Labute approximate surface area is 195 Å². The van der Waals surface area contributed by atoms with E-state index in [-0.39, 0.29) is 16.6 Å². The van der Waals surface area contributed by atoms with Gasteiger partial charge in [0.1, 0.15) is 11.9 Å². The number of ether oxygens (including phenoxy) is 1. The molecule has 1 amide bonds. The Morgan fingerprint density at radius 1 is 1.15 bits per heavy atom. The van der Waals surface area contributed by atoms with Crippen LogP contribution in [-0.4, -0.2) is 52.5 Å². The van der Waals surface area contributed by atoms with Crippen molar-refractivity contribution in [1.29, 1.82) is 0 Å². The van der Waals surface area contributed by atoms with Gasteiger partial charge in [0, 0.05) is 30.9 Å². The summed E-state index contributed by atoms with van der Waals surface area (Å²) in [4.78, 5) is 20.0. The summed E-state index contributed by atoms with van der Waals surface area (Å²) in [7, 11) is -3.64. The average Bonchev–Trinajstić information content (AvgIpc) is 3.11. The van der Waals surface area contributed by atoms with Crippen LogP contribution in [0.1, 0.15) is 37.3 Å². The molecule has 1 atom stereocenters. The van der Waals surface area contributed by atoms with Gasteiger partial charge in [0.15, 0.2) is 0 Å². The van der Waals surface area contributed by atoms with Gasteiger partial charge in [-0.05, 0) is 36.2 Å². The first-order chi connectivity index (χ1) is 16.0. The van der Waals surface area contributed by atoms with Crippen LogP contribution in [0.5, 0.6) is 0 Å². The molecule has 0 saturated carbocycles. The van der Waals surface area contributed by atoms with Crippen molar-refractivity contribution in [2.24, 2.45) is 4.99 Å². The number of benzene rings is 2. The summed E-state index contributed by atoms with van der Waals surface area (Å²) in [5.41, 5.74) is 2.65. The maximum atomic E-state index is 13.0. The molecule has 2 heterocycles. The predicted octanol–water partition coefficient (Wildman–Crippen LogP) is 2.44. The van der Waals surface area contributed by atoms with E-state index in [0.717, 1.165) is 50.4 Å². The minimum Gasteiger partial charge on any atom is -0.378 e. The fraction of sp³-hybridized carbons (Fsp3) is 0.417. The Morgan fingerprint density at radius 3 is 2.61 bits per heavy atom. The van der Waals surface area contributed by atoms with E-state index in [4.69, 9.17) is 4.74 Å². The molecule has 176 valence electrons. The van der Waals surface area contributed by atoms with Crippen molar-refractivity contribution in [3.8, 4) is 0 Å². The standard InChI is InChI=1S/C24H30N4O4S/c1-2-3-7-21(26-23-20-6-4-5-8-22(20)33(30,31)27-23)24(29)25-17-18-9-11-19(12-10-18)28-13-15-32-16-14-28/h4-6,8-12,21H,2-3,7,13-17H2,1H3,(H,25,29)(H,26,27). The van der Waals surface area contributed by atoms with Gasteiger partial charge in [0.05, 0.1) is 18.1 Å². The third kappa shape index (κ3) is 5.54. The number of carbonyl (C=O) groups excluding carboxylic acids is 1. The first-order valence-corrected chi connectivity index (χ1v) is 12.9. The summed E-state index contributed by atoms with van der Waals surface area (Å²) in [5, 5.41) is 2.97. The first kappa shape index (κ1) is 23.3. The molecule has 2 aromatic rings. The molecule has 9 heteroatoms. The first-order valence-electron chi connectivity index (χ1n) is 11.4. The highest BCUT2D eigenvalue weighted by molar-refractivity contribution is 7.90. The lowest BCUT2D eigenvalue weighted by atomic mass is 10.1. The van der Waals surface area contributed by atoms with E-state index in [2.05, 4.69) is 32.1 Å². The molecule has 0 aromatic heterocycles. The topological polar surface area (TPSA) is 100 Å². The second kappa shape index (κ2) is 10.4. The SMILES string of the molecule is CCCCC(N=C1NS(=O)(=O)c2ccccc21)C(=O)NCc1ccc(N2CCOCC2)cc1. The third-order valence-corrected chi connectivity index (χ3v) is 7.26. The number of amides is 1. The zero-order valence-electron chi connectivity index (χ0n) is 18.8. The van der Waals surface area contributed by atoms with Gasteiger partial charge in [-0.15, -0.1) is 0 Å². The molecule has 1 saturated heterocycles. The van der Waals surface area contributed by atoms with Crippen LogP contribution in [0.3, 0.4) is 0 Å². The van der Waals surface area contributed by atoms with E-state index in [0.29, 0.717) is 18.5 Å². The number of sulfonamides is 1. The lowest BCUT2D eigenvalue weighted by Crippen LogP contribution is -2.36. The van der Waals surface area contributed by atoms with Gasteiger partial charge in [-0.1, -0.05) is 44.0 Å². The number of morpholine rings is 1. The highest BCUT2D eigenvalue weighted by atomic mass is 32.2. The van der Waals surface area contributed by atoms with Crippen molar-refractivity contribution < 1.29 is 17.9 Å². The number of aliphatic imine (C=N–C) groups is 1. The molecule has 1 unspecified atom stereocenters. The number of unbranched alkanes of at least 4 members (excludes halogenated alkanes) is 1. The number of fused-ring (bicyclic) bond motifs is 1. The van der Waals surface area contributed by atoms with Crippen molar-refractivity contribution in [3.05, 3.63) is 59.7 Å². The van der Waals surface area contributed by atoms with Crippen LogP contribution in [0.15, 0.2) is 58.4 Å². The summed E-state index contributed by atoms with van der Waals surface area (Å²) in [6.07, 6.45) is 2.28. The molecule has 2 aromatic carbocycles. The van der Waals surface area contributed by atoms with E-state index >= 15 is 0 Å². The zero-order chi connectivity index (χ0) is 23.3. The van der Waals surface area contributed by atoms with Crippen LogP contribution in [0, 0.1) is 0 Å². The van der Waals surface area contributed by atoms with Gasteiger partial charge in [-0.25, -0.2) is 8.42 Å². The maximum absolute atomic E-state index is 13.0. The molecule has 4 rings (SSSR count). The summed E-state index contributed by atoms with van der Waals surface area (Å²) in [6, 6.07) is 14.2. The van der Waals surface area contributed by atoms with Gasteiger partial charge in [0.2, 0.25) is 5.91 Å². The van der Waals surface area contributed by atoms with E-state index in [9.17, 15) is 13.2 Å². The number of carbonyl (C=O) groups is 1. The van der Waals surface area contributed by atoms with E-state index in [1.807, 2.05) is 19.1 Å². The summed E-state index contributed by atoms with van der Waals surface area (Å²) in [5.74, 6) is 0.0218. The molecule has 1 fully saturated rings. The minimum absolute atomic E-state index is 0.193. The van der Waals surface area contributed by atoms with Crippen LogP contribution in [0.4, 0.5) is 5.69 Å². The summed E-state index contributed by atoms with van der Waals surface area (Å²) >= 11 is 0. The van der Waals surface area contributed by atoms with E-state index in [1.165, 1.54) is 0 Å². The maximum Gasteiger partial charge on any atom is 0.263 e. The van der Waals surface area contributed by atoms with Crippen molar-refractivity contribution in [1.82, 2.24) is 10.0 Å². The molecule has 2 aliphatic heterocycles. The number of hydrogen-bond acceptors (Lipinski definition) is 6. The van der Waals surface area contributed by atoms with Gasteiger partial charge < -0.3 is 15.0 Å². The quantitative estimate of drug-likeness (QED) is 0.617. The largest absolute Gasteiger partial charge is 0.378 e. The Balaban J connectivity index is 1.44. The smallest absolute Gasteiger partial charge is 0.263 e. The third-order valence-electron chi connectivity index (χ3n) is 5.86. The average molecular weight is 471 g/mol. The molecule has 0 radical (unpaired) electrons. The lowest BCUT2D eigenvalue weighted by molar-refractivity contribution is -0.122. The van der Waals surface area contributed by atoms with Crippen LogP contribution in [0.2, 0.25) is 0 Å². The Kier molecular flexibility index (Phi) is 7.29.